The minimum absolute atomic E-state index is 0.140. The van der Waals surface area contributed by atoms with E-state index in [4.69, 9.17) is 11.6 Å². The Morgan fingerprint density at radius 2 is 1.92 bits per heavy atom. The lowest BCUT2D eigenvalue weighted by molar-refractivity contribution is 0.481. The molecule has 6 nitrogen and oxygen atoms in total. The van der Waals surface area contributed by atoms with E-state index in [2.05, 4.69) is 30.8 Å². The third kappa shape index (κ3) is 3.40. The Kier molecular flexibility index (Phi) is 4.52. The van der Waals surface area contributed by atoms with Crippen molar-refractivity contribution < 1.29 is 13.2 Å². The number of halogens is 4. The van der Waals surface area contributed by atoms with Crippen LogP contribution in [-0.2, 0) is 6.54 Å². The summed E-state index contributed by atoms with van der Waals surface area (Å²) in [7, 11) is 0. The lowest BCUT2D eigenvalue weighted by atomic mass is 10.2. The Bertz CT molecular complexity index is 856. The minimum Gasteiger partial charge on any atom is -0.364 e. The molecule has 0 unspecified atom stereocenters. The molecule has 3 N–H and O–H groups in total. The molecule has 10 heteroatoms. The maximum absolute atomic E-state index is 13.7. The van der Waals surface area contributed by atoms with Gasteiger partial charge in [0.15, 0.2) is 17.5 Å². The van der Waals surface area contributed by atoms with Crippen LogP contribution in [0.5, 0.6) is 0 Å². The maximum Gasteiger partial charge on any atom is 0.229 e. The maximum atomic E-state index is 13.7. The van der Waals surface area contributed by atoms with Gasteiger partial charge in [-0.05, 0) is 12.1 Å². The Hall–Kier alpha value is -2.81. The zero-order valence-corrected chi connectivity index (χ0v) is 12.7. The molecule has 3 rings (SSSR count). The van der Waals surface area contributed by atoms with Crippen LogP contribution in [0.15, 0.2) is 30.7 Å². The van der Waals surface area contributed by atoms with Gasteiger partial charge in [-0.25, -0.2) is 18.2 Å². The molecule has 0 radical (unpaired) electrons. The summed E-state index contributed by atoms with van der Waals surface area (Å²) in [6.45, 7) is -0.336. The summed E-state index contributed by atoms with van der Waals surface area (Å²) in [5.74, 6) is -2.93. The van der Waals surface area contributed by atoms with E-state index in [1.165, 1.54) is 12.4 Å². The molecule has 0 aliphatic carbocycles. The number of nitrogens with zero attached hydrogens (tertiary/aromatic N) is 3. The van der Waals surface area contributed by atoms with Gasteiger partial charge in [0, 0.05) is 18.3 Å². The SMILES string of the molecule is Fc1ccc(F)c(CNc2nc(Nc3cn[nH]c3)ncc2Cl)c1F. The van der Waals surface area contributed by atoms with Gasteiger partial charge in [0.05, 0.1) is 18.1 Å². The predicted molar refractivity (Wildman–Crippen MR) is 82.6 cm³/mol. The molecule has 0 amide bonds. The minimum atomic E-state index is -1.26. The number of hydrogen-bond donors (Lipinski definition) is 3. The van der Waals surface area contributed by atoms with Crippen LogP contribution in [0.3, 0.4) is 0 Å². The predicted octanol–water partition coefficient (Wildman–Crippen LogP) is 3.63. The van der Waals surface area contributed by atoms with Crippen LogP contribution in [0.25, 0.3) is 0 Å². The zero-order chi connectivity index (χ0) is 17.1. The van der Waals surface area contributed by atoms with E-state index in [0.29, 0.717) is 5.69 Å². The molecule has 2 aromatic heterocycles. The fraction of sp³-hybridized carbons (Fsp3) is 0.0714. The van der Waals surface area contributed by atoms with Crippen LogP contribution in [0, 0.1) is 17.5 Å². The van der Waals surface area contributed by atoms with Gasteiger partial charge in [-0.3, -0.25) is 5.10 Å². The molecule has 124 valence electrons. The van der Waals surface area contributed by atoms with Gasteiger partial charge in [-0.15, -0.1) is 0 Å². The second-order valence-corrected chi connectivity index (χ2v) is 5.08. The first-order valence-corrected chi connectivity index (χ1v) is 7.07. The first kappa shape index (κ1) is 16.1. The van der Waals surface area contributed by atoms with Crippen molar-refractivity contribution in [3.8, 4) is 0 Å². The zero-order valence-electron chi connectivity index (χ0n) is 11.9. The highest BCUT2D eigenvalue weighted by Gasteiger charge is 2.14. The summed E-state index contributed by atoms with van der Waals surface area (Å²) in [5, 5.41) is 12.0. The summed E-state index contributed by atoms with van der Waals surface area (Å²) in [6.07, 6.45) is 4.42. The van der Waals surface area contributed by atoms with Crippen LogP contribution in [0.1, 0.15) is 5.56 Å². The van der Waals surface area contributed by atoms with Gasteiger partial charge in [-0.1, -0.05) is 11.6 Å². The highest BCUT2D eigenvalue weighted by atomic mass is 35.5. The van der Waals surface area contributed by atoms with E-state index < -0.39 is 23.0 Å². The molecule has 1 aromatic carbocycles. The van der Waals surface area contributed by atoms with Gasteiger partial charge in [0.25, 0.3) is 0 Å². The Morgan fingerprint density at radius 1 is 1.12 bits per heavy atom. The Morgan fingerprint density at radius 3 is 2.67 bits per heavy atom. The molecule has 0 aliphatic heterocycles. The van der Waals surface area contributed by atoms with Gasteiger partial charge in [-0.2, -0.15) is 10.1 Å². The van der Waals surface area contributed by atoms with Gasteiger partial charge >= 0.3 is 0 Å². The highest BCUT2D eigenvalue weighted by Crippen LogP contribution is 2.23. The smallest absolute Gasteiger partial charge is 0.229 e. The van der Waals surface area contributed by atoms with Crippen LogP contribution in [0.4, 0.5) is 30.6 Å². The first-order chi connectivity index (χ1) is 11.5. The van der Waals surface area contributed by atoms with E-state index in [0.717, 1.165) is 12.1 Å². The topological polar surface area (TPSA) is 78.5 Å². The molecule has 2 heterocycles. The molecular weight excluding hydrogens is 345 g/mol. The van der Waals surface area contributed by atoms with Gasteiger partial charge < -0.3 is 10.6 Å². The van der Waals surface area contributed by atoms with Crippen molar-refractivity contribution in [2.75, 3.05) is 10.6 Å². The van der Waals surface area contributed by atoms with E-state index in [1.54, 1.807) is 6.20 Å². The number of anilines is 3. The lowest BCUT2D eigenvalue weighted by Crippen LogP contribution is -2.09. The van der Waals surface area contributed by atoms with E-state index in [9.17, 15) is 13.2 Å². The fourth-order valence-electron chi connectivity index (χ4n) is 1.90. The average Bonchev–Trinajstić information content (AvgIpc) is 3.07. The molecule has 24 heavy (non-hydrogen) atoms. The molecule has 0 spiro atoms. The summed E-state index contributed by atoms with van der Waals surface area (Å²) < 4.78 is 40.5. The molecule has 0 bridgehead atoms. The number of aromatic nitrogens is 4. The van der Waals surface area contributed by atoms with Crippen LogP contribution in [0.2, 0.25) is 5.02 Å². The molecule has 0 saturated carbocycles. The Balaban J connectivity index is 1.79. The van der Waals surface area contributed by atoms with E-state index in [1.807, 2.05) is 0 Å². The summed E-state index contributed by atoms with van der Waals surface area (Å²) in [4.78, 5) is 8.07. The van der Waals surface area contributed by atoms with Crippen LogP contribution >= 0.6 is 11.6 Å². The van der Waals surface area contributed by atoms with Crippen molar-refractivity contribution >= 4 is 29.1 Å². The molecular formula is C14H10ClF3N6. The standard InChI is InChI=1S/C14H10ClF3N6/c15-9-6-20-14(23-7-3-21-22-4-7)24-13(9)19-5-8-10(16)1-2-11(17)12(8)18/h1-4,6H,5H2,(H,21,22)(H2,19,20,23,24). The fourth-order valence-corrected chi connectivity index (χ4v) is 2.06. The third-order valence-electron chi connectivity index (χ3n) is 3.07. The molecule has 0 atom stereocenters. The van der Waals surface area contributed by atoms with E-state index >= 15 is 0 Å². The van der Waals surface area contributed by atoms with Crippen molar-refractivity contribution in [3.63, 3.8) is 0 Å². The average molecular weight is 355 g/mol. The van der Waals surface area contributed by atoms with Crippen molar-refractivity contribution in [1.82, 2.24) is 20.2 Å². The van der Waals surface area contributed by atoms with Crippen molar-refractivity contribution in [2.45, 2.75) is 6.54 Å². The summed E-state index contributed by atoms with van der Waals surface area (Å²) in [6, 6.07) is 1.57. The number of aromatic amines is 1. The third-order valence-corrected chi connectivity index (χ3v) is 3.35. The van der Waals surface area contributed by atoms with E-state index in [-0.39, 0.29) is 23.3 Å². The Labute approximate surface area is 139 Å². The summed E-state index contributed by atoms with van der Waals surface area (Å²) in [5.41, 5.74) is 0.166. The number of nitrogens with one attached hydrogen (secondary N) is 3. The van der Waals surface area contributed by atoms with Crippen LogP contribution in [-0.4, -0.2) is 20.2 Å². The van der Waals surface area contributed by atoms with Crippen molar-refractivity contribution in [1.29, 1.82) is 0 Å². The largest absolute Gasteiger partial charge is 0.364 e. The first-order valence-electron chi connectivity index (χ1n) is 6.69. The van der Waals surface area contributed by atoms with Gasteiger partial charge in [0.1, 0.15) is 10.8 Å². The number of hydrogen-bond acceptors (Lipinski definition) is 5. The second-order valence-electron chi connectivity index (χ2n) is 4.68. The number of rotatable bonds is 5. The van der Waals surface area contributed by atoms with Gasteiger partial charge in [0.2, 0.25) is 5.95 Å². The van der Waals surface area contributed by atoms with Crippen molar-refractivity contribution in [3.05, 3.63) is 58.8 Å². The summed E-state index contributed by atoms with van der Waals surface area (Å²) >= 11 is 5.96. The second kappa shape index (κ2) is 6.75. The normalized spacial score (nSPS) is 10.7. The lowest BCUT2D eigenvalue weighted by Gasteiger charge is -2.11. The number of benzene rings is 1. The molecule has 0 fully saturated rings. The van der Waals surface area contributed by atoms with Crippen molar-refractivity contribution in [2.24, 2.45) is 0 Å². The highest BCUT2D eigenvalue weighted by molar-refractivity contribution is 6.32. The molecule has 0 aliphatic rings. The monoisotopic (exact) mass is 354 g/mol. The number of H-pyrrole nitrogens is 1. The molecule has 0 saturated heterocycles. The quantitative estimate of drug-likeness (QED) is 0.610. The van der Waals surface area contributed by atoms with Crippen LogP contribution < -0.4 is 10.6 Å². The molecule has 3 aromatic rings.